The van der Waals surface area contributed by atoms with Gasteiger partial charge in [-0.3, -0.25) is 4.79 Å². The minimum Gasteiger partial charge on any atom is -0.318 e. The van der Waals surface area contributed by atoms with Crippen molar-refractivity contribution in [2.45, 2.75) is 19.9 Å². The first-order valence-corrected chi connectivity index (χ1v) is 7.93. The number of fused-ring (bicyclic) bond motifs is 1. The molecule has 1 aromatic carbocycles. The maximum absolute atomic E-state index is 12.9. The van der Waals surface area contributed by atoms with E-state index in [0.29, 0.717) is 29.8 Å². The third-order valence-corrected chi connectivity index (χ3v) is 4.28. The predicted molar refractivity (Wildman–Crippen MR) is 88.7 cm³/mol. The lowest BCUT2D eigenvalue weighted by Crippen LogP contribution is -2.30. The van der Waals surface area contributed by atoms with E-state index >= 15 is 0 Å². The Morgan fingerprint density at radius 2 is 2.04 bits per heavy atom. The number of amides is 1. The van der Waals surface area contributed by atoms with E-state index in [9.17, 15) is 4.79 Å². The molecule has 1 N–H and O–H groups in total. The zero-order valence-corrected chi connectivity index (χ0v) is 13.6. The highest BCUT2D eigenvalue weighted by atomic mass is 16.2. The number of carbonyl (C=O) groups excluding carboxylic acids is 1. The van der Waals surface area contributed by atoms with Gasteiger partial charge in [0.25, 0.3) is 5.91 Å². The van der Waals surface area contributed by atoms with Crippen molar-refractivity contribution in [1.82, 2.24) is 25.1 Å². The predicted octanol–water partition coefficient (Wildman–Crippen LogP) is 1.95. The van der Waals surface area contributed by atoms with Gasteiger partial charge in [-0.2, -0.15) is 4.68 Å². The number of allylic oxidation sites excluding steroid dienone is 1. The third kappa shape index (κ3) is 2.05. The van der Waals surface area contributed by atoms with Crippen LogP contribution in [-0.4, -0.2) is 37.6 Å². The number of anilines is 1. The molecule has 1 aromatic heterocycles. The topological polar surface area (TPSA) is 75.9 Å². The molecule has 3 heterocycles. The molecule has 122 valence electrons. The normalized spacial score (nSPS) is 19.6. The number of aromatic nitrogens is 4. The molecule has 7 heteroatoms. The summed E-state index contributed by atoms with van der Waals surface area (Å²) in [5, 5.41) is 14.9. The number of benzene rings is 1. The van der Waals surface area contributed by atoms with Crippen molar-refractivity contribution in [2.75, 3.05) is 11.9 Å². The average Bonchev–Trinajstić information content (AvgIpc) is 3.13. The Morgan fingerprint density at radius 1 is 1.29 bits per heavy atom. The Balaban J connectivity index is 1.85. The fourth-order valence-corrected chi connectivity index (χ4v) is 3.26. The summed E-state index contributed by atoms with van der Waals surface area (Å²) in [5.41, 5.74) is 3.09. The lowest BCUT2D eigenvalue weighted by molar-refractivity contribution is -0.124. The summed E-state index contributed by atoms with van der Waals surface area (Å²) >= 11 is 0. The first kappa shape index (κ1) is 14.6. The Bertz CT molecular complexity index is 851. The summed E-state index contributed by atoms with van der Waals surface area (Å²) in [6.07, 6.45) is 0. The quantitative estimate of drug-likeness (QED) is 0.935. The Morgan fingerprint density at radius 3 is 2.75 bits per heavy atom. The van der Waals surface area contributed by atoms with Crippen LogP contribution < -0.4 is 5.32 Å². The lowest BCUT2D eigenvalue weighted by atomic mass is 9.95. The van der Waals surface area contributed by atoms with E-state index in [1.54, 1.807) is 9.58 Å². The minimum absolute atomic E-state index is 0.0705. The van der Waals surface area contributed by atoms with Crippen molar-refractivity contribution in [2.24, 2.45) is 5.92 Å². The van der Waals surface area contributed by atoms with Gasteiger partial charge < -0.3 is 10.2 Å². The van der Waals surface area contributed by atoms with Gasteiger partial charge in [-0.25, -0.2) is 0 Å². The molecule has 0 saturated carbocycles. The van der Waals surface area contributed by atoms with Crippen LogP contribution in [-0.2, 0) is 4.79 Å². The van der Waals surface area contributed by atoms with Crippen molar-refractivity contribution < 1.29 is 4.79 Å². The fourth-order valence-electron chi connectivity index (χ4n) is 3.26. The SMILES string of the molecule is C=C1C2=C(Nc3nnnn3[C@H]2c2ccccc2)C(=O)N1CC(C)C. The second-order valence-electron chi connectivity index (χ2n) is 6.43. The Hall–Kier alpha value is -2.96. The van der Waals surface area contributed by atoms with Gasteiger partial charge >= 0.3 is 0 Å². The number of hydrogen-bond acceptors (Lipinski definition) is 5. The van der Waals surface area contributed by atoms with Gasteiger partial charge in [-0.15, -0.1) is 0 Å². The summed E-state index contributed by atoms with van der Waals surface area (Å²) in [4.78, 5) is 14.6. The molecule has 24 heavy (non-hydrogen) atoms. The van der Waals surface area contributed by atoms with Gasteiger partial charge in [0.05, 0.1) is 0 Å². The van der Waals surface area contributed by atoms with Gasteiger partial charge in [0.15, 0.2) is 0 Å². The molecule has 0 radical (unpaired) electrons. The minimum atomic E-state index is -0.263. The molecular weight excluding hydrogens is 304 g/mol. The molecule has 1 amide bonds. The van der Waals surface area contributed by atoms with Crippen molar-refractivity contribution >= 4 is 11.9 Å². The number of nitrogens with one attached hydrogen (secondary N) is 1. The van der Waals surface area contributed by atoms with Crippen LogP contribution in [0.1, 0.15) is 25.5 Å². The summed E-state index contributed by atoms with van der Waals surface area (Å²) in [6.45, 7) is 8.97. The molecule has 2 aliphatic rings. The van der Waals surface area contributed by atoms with E-state index in [-0.39, 0.29) is 11.9 Å². The lowest BCUT2D eigenvalue weighted by Gasteiger charge is -2.26. The van der Waals surface area contributed by atoms with Gasteiger partial charge in [-0.1, -0.05) is 55.9 Å². The van der Waals surface area contributed by atoms with E-state index in [0.717, 1.165) is 11.1 Å². The van der Waals surface area contributed by atoms with Crippen LogP contribution in [0.4, 0.5) is 5.95 Å². The van der Waals surface area contributed by atoms with Crippen molar-refractivity contribution in [3.8, 4) is 0 Å². The molecular formula is C17H18N6O. The standard InChI is InChI=1S/C17H18N6O/c1-10(2)9-22-11(3)13-14(16(22)24)18-17-19-20-21-23(17)15(13)12-7-5-4-6-8-12/h4-8,10,15H,3,9H2,1-2H3,(H,18,19,21)/t15-/m0/s1. The number of hydrogen-bond donors (Lipinski definition) is 1. The molecule has 2 aromatic rings. The second kappa shape index (κ2) is 5.30. The highest BCUT2D eigenvalue weighted by Crippen LogP contribution is 2.43. The van der Waals surface area contributed by atoms with Crippen LogP contribution in [0.15, 0.2) is 53.9 Å². The average molecular weight is 322 g/mol. The number of tetrazole rings is 1. The third-order valence-electron chi connectivity index (χ3n) is 4.28. The smallest absolute Gasteiger partial charge is 0.275 e. The van der Waals surface area contributed by atoms with E-state index < -0.39 is 0 Å². The van der Waals surface area contributed by atoms with E-state index in [2.05, 4.69) is 41.3 Å². The number of rotatable bonds is 3. The van der Waals surface area contributed by atoms with Crippen molar-refractivity contribution in [1.29, 1.82) is 0 Å². The maximum atomic E-state index is 12.9. The van der Waals surface area contributed by atoms with E-state index in [1.165, 1.54) is 0 Å². The first-order valence-electron chi connectivity index (χ1n) is 7.93. The molecule has 1 atom stereocenters. The Kier molecular flexibility index (Phi) is 3.23. The number of nitrogens with zero attached hydrogens (tertiary/aromatic N) is 5. The molecule has 7 nitrogen and oxygen atoms in total. The van der Waals surface area contributed by atoms with Crippen LogP contribution >= 0.6 is 0 Å². The largest absolute Gasteiger partial charge is 0.318 e. The van der Waals surface area contributed by atoms with Gasteiger partial charge in [0.2, 0.25) is 5.95 Å². The zero-order valence-electron chi connectivity index (χ0n) is 13.6. The van der Waals surface area contributed by atoms with Crippen LogP contribution in [0.5, 0.6) is 0 Å². The molecule has 4 rings (SSSR count). The molecule has 0 saturated heterocycles. The van der Waals surface area contributed by atoms with Crippen LogP contribution in [0.3, 0.4) is 0 Å². The molecule has 0 unspecified atom stereocenters. The first-order chi connectivity index (χ1) is 11.6. The maximum Gasteiger partial charge on any atom is 0.275 e. The van der Waals surface area contributed by atoms with E-state index in [1.807, 2.05) is 30.3 Å². The van der Waals surface area contributed by atoms with Crippen LogP contribution in [0, 0.1) is 5.92 Å². The summed E-state index contributed by atoms with van der Waals surface area (Å²) in [7, 11) is 0. The number of carbonyl (C=O) groups is 1. The summed E-state index contributed by atoms with van der Waals surface area (Å²) in [6, 6.07) is 9.64. The molecule has 0 spiro atoms. The summed E-state index contributed by atoms with van der Waals surface area (Å²) < 4.78 is 1.70. The summed E-state index contributed by atoms with van der Waals surface area (Å²) in [5.74, 6) is 0.744. The molecule has 0 aliphatic carbocycles. The molecule has 0 bridgehead atoms. The van der Waals surface area contributed by atoms with Crippen molar-refractivity contribution in [3.63, 3.8) is 0 Å². The monoisotopic (exact) mass is 322 g/mol. The Labute approximate surface area is 139 Å². The highest BCUT2D eigenvalue weighted by molar-refractivity contribution is 6.03. The van der Waals surface area contributed by atoms with Gasteiger partial charge in [0, 0.05) is 17.8 Å². The van der Waals surface area contributed by atoms with Gasteiger partial charge in [0.1, 0.15) is 11.7 Å². The van der Waals surface area contributed by atoms with Crippen LogP contribution in [0.25, 0.3) is 0 Å². The molecule has 2 aliphatic heterocycles. The second-order valence-corrected chi connectivity index (χ2v) is 6.43. The molecule has 0 fully saturated rings. The van der Waals surface area contributed by atoms with E-state index in [4.69, 9.17) is 0 Å². The zero-order chi connectivity index (χ0) is 16.8. The highest BCUT2D eigenvalue weighted by Gasteiger charge is 2.43. The fraction of sp³-hybridized carbons (Fsp3) is 0.294. The van der Waals surface area contributed by atoms with Crippen molar-refractivity contribution in [3.05, 3.63) is 59.4 Å². The van der Waals surface area contributed by atoms with Gasteiger partial charge in [-0.05, 0) is 21.9 Å². The van der Waals surface area contributed by atoms with Crippen LogP contribution in [0.2, 0.25) is 0 Å².